The summed E-state index contributed by atoms with van der Waals surface area (Å²) in [6, 6.07) is 14.2. The molecule has 2 rings (SSSR count). The van der Waals surface area contributed by atoms with E-state index in [0.717, 1.165) is 23.5 Å². The standard InChI is InChI=1S/C17H21NO/c1-4-17(18)14-6-9-15(10-7-14)19-16-8-5-12(2)13(3)11-16/h5-11,17H,4,18H2,1-3H3/t17-/m0/s1. The quantitative estimate of drug-likeness (QED) is 0.872. The van der Waals surface area contributed by atoms with Crippen LogP contribution in [0.4, 0.5) is 0 Å². The molecule has 0 aliphatic carbocycles. The van der Waals surface area contributed by atoms with E-state index < -0.39 is 0 Å². The highest BCUT2D eigenvalue weighted by atomic mass is 16.5. The van der Waals surface area contributed by atoms with Crippen LogP contribution >= 0.6 is 0 Å². The Morgan fingerprint density at radius 2 is 1.58 bits per heavy atom. The molecule has 100 valence electrons. The zero-order valence-corrected chi connectivity index (χ0v) is 11.8. The predicted octanol–water partition coefficient (Wildman–Crippen LogP) is 4.51. The minimum absolute atomic E-state index is 0.107. The third-order valence-electron chi connectivity index (χ3n) is 3.46. The molecule has 0 fully saturated rings. The molecule has 0 spiro atoms. The first-order chi connectivity index (χ1) is 9.10. The van der Waals surface area contributed by atoms with Gasteiger partial charge in [-0.2, -0.15) is 0 Å². The summed E-state index contributed by atoms with van der Waals surface area (Å²) >= 11 is 0. The minimum atomic E-state index is 0.107. The lowest BCUT2D eigenvalue weighted by Gasteiger charge is -2.11. The molecule has 0 bridgehead atoms. The Kier molecular flexibility index (Phi) is 4.23. The predicted molar refractivity (Wildman–Crippen MR) is 79.7 cm³/mol. The molecular weight excluding hydrogens is 234 g/mol. The first kappa shape index (κ1) is 13.6. The van der Waals surface area contributed by atoms with Crippen molar-refractivity contribution in [2.45, 2.75) is 33.2 Å². The fourth-order valence-electron chi connectivity index (χ4n) is 1.93. The summed E-state index contributed by atoms with van der Waals surface area (Å²) in [5, 5.41) is 0. The van der Waals surface area contributed by atoms with Crippen LogP contribution in [-0.2, 0) is 0 Å². The molecular formula is C17H21NO. The second-order valence-electron chi connectivity index (χ2n) is 4.93. The molecule has 2 nitrogen and oxygen atoms in total. The molecule has 2 N–H and O–H groups in total. The van der Waals surface area contributed by atoms with Crippen LogP contribution in [0.5, 0.6) is 11.5 Å². The maximum Gasteiger partial charge on any atom is 0.127 e. The van der Waals surface area contributed by atoms with E-state index in [1.807, 2.05) is 30.3 Å². The monoisotopic (exact) mass is 255 g/mol. The van der Waals surface area contributed by atoms with Gasteiger partial charge in [0, 0.05) is 6.04 Å². The van der Waals surface area contributed by atoms with Gasteiger partial charge in [-0.3, -0.25) is 0 Å². The van der Waals surface area contributed by atoms with Gasteiger partial charge in [0.05, 0.1) is 0 Å². The van der Waals surface area contributed by atoms with Gasteiger partial charge in [-0.25, -0.2) is 0 Å². The largest absolute Gasteiger partial charge is 0.457 e. The van der Waals surface area contributed by atoms with Crippen molar-refractivity contribution in [3.8, 4) is 11.5 Å². The molecule has 0 radical (unpaired) electrons. The van der Waals surface area contributed by atoms with Crippen LogP contribution in [0.3, 0.4) is 0 Å². The number of ether oxygens (including phenoxy) is 1. The number of aryl methyl sites for hydroxylation is 2. The summed E-state index contributed by atoms with van der Waals surface area (Å²) in [5.74, 6) is 1.71. The lowest BCUT2D eigenvalue weighted by Crippen LogP contribution is -2.07. The van der Waals surface area contributed by atoms with Crippen LogP contribution in [0.25, 0.3) is 0 Å². The summed E-state index contributed by atoms with van der Waals surface area (Å²) in [7, 11) is 0. The summed E-state index contributed by atoms with van der Waals surface area (Å²) in [5.41, 5.74) is 9.65. The average molecular weight is 255 g/mol. The van der Waals surface area contributed by atoms with Crippen molar-refractivity contribution in [2.75, 3.05) is 0 Å². The van der Waals surface area contributed by atoms with Gasteiger partial charge in [0.15, 0.2) is 0 Å². The number of nitrogens with two attached hydrogens (primary N) is 1. The van der Waals surface area contributed by atoms with Crippen LogP contribution in [0.2, 0.25) is 0 Å². The molecule has 2 aromatic rings. The number of benzene rings is 2. The molecule has 0 unspecified atom stereocenters. The van der Waals surface area contributed by atoms with Gasteiger partial charge in [0.2, 0.25) is 0 Å². The highest BCUT2D eigenvalue weighted by Gasteiger charge is 2.04. The molecule has 0 aliphatic heterocycles. The van der Waals surface area contributed by atoms with Crippen molar-refractivity contribution in [2.24, 2.45) is 5.73 Å². The van der Waals surface area contributed by atoms with Crippen LogP contribution in [-0.4, -0.2) is 0 Å². The Bertz CT molecular complexity index is 546. The van der Waals surface area contributed by atoms with Crippen molar-refractivity contribution in [3.63, 3.8) is 0 Å². The maximum atomic E-state index is 5.99. The fourth-order valence-corrected chi connectivity index (χ4v) is 1.93. The van der Waals surface area contributed by atoms with Gasteiger partial charge in [-0.05, 0) is 61.2 Å². The van der Waals surface area contributed by atoms with Crippen LogP contribution < -0.4 is 10.5 Å². The molecule has 0 heterocycles. The van der Waals surface area contributed by atoms with E-state index in [9.17, 15) is 0 Å². The summed E-state index contributed by atoms with van der Waals surface area (Å²) < 4.78 is 5.84. The minimum Gasteiger partial charge on any atom is -0.457 e. The van der Waals surface area contributed by atoms with Crippen molar-refractivity contribution in [1.82, 2.24) is 0 Å². The van der Waals surface area contributed by atoms with Crippen molar-refractivity contribution < 1.29 is 4.74 Å². The zero-order chi connectivity index (χ0) is 13.8. The van der Waals surface area contributed by atoms with E-state index in [4.69, 9.17) is 10.5 Å². The van der Waals surface area contributed by atoms with Gasteiger partial charge in [-0.1, -0.05) is 25.1 Å². The highest BCUT2D eigenvalue weighted by molar-refractivity contribution is 5.38. The fraction of sp³-hybridized carbons (Fsp3) is 0.294. The summed E-state index contributed by atoms with van der Waals surface area (Å²) in [6.45, 7) is 6.27. The lowest BCUT2D eigenvalue weighted by molar-refractivity contribution is 0.481. The molecule has 0 aliphatic rings. The molecule has 2 heteroatoms. The van der Waals surface area contributed by atoms with E-state index >= 15 is 0 Å². The van der Waals surface area contributed by atoms with Gasteiger partial charge >= 0.3 is 0 Å². The van der Waals surface area contributed by atoms with Crippen molar-refractivity contribution in [1.29, 1.82) is 0 Å². The van der Waals surface area contributed by atoms with Crippen LogP contribution in [0, 0.1) is 13.8 Å². The normalized spacial score (nSPS) is 12.2. The Morgan fingerprint density at radius 1 is 0.947 bits per heavy atom. The Morgan fingerprint density at radius 3 is 2.16 bits per heavy atom. The second-order valence-corrected chi connectivity index (χ2v) is 4.93. The van der Waals surface area contributed by atoms with Crippen LogP contribution in [0.1, 0.15) is 36.1 Å². The van der Waals surface area contributed by atoms with E-state index in [1.165, 1.54) is 11.1 Å². The molecule has 2 aromatic carbocycles. The van der Waals surface area contributed by atoms with E-state index in [1.54, 1.807) is 0 Å². The van der Waals surface area contributed by atoms with Gasteiger partial charge in [-0.15, -0.1) is 0 Å². The van der Waals surface area contributed by atoms with Crippen LogP contribution in [0.15, 0.2) is 42.5 Å². The molecule has 0 saturated carbocycles. The van der Waals surface area contributed by atoms with Gasteiger partial charge in [0.1, 0.15) is 11.5 Å². The molecule has 0 amide bonds. The van der Waals surface area contributed by atoms with E-state index in [-0.39, 0.29) is 6.04 Å². The van der Waals surface area contributed by atoms with E-state index in [2.05, 4.69) is 32.9 Å². The van der Waals surface area contributed by atoms with E-state index in [0.29, 0.717) is 0 Å². The van der Waals surface area contributed by atoms with Crippen molar-refractivity contribution >= 4 is 0 Å². The first-order valence-corrected chi connectivity index (χ1v) is 6.71. The first-order valence-electron chi connectivity index (χ1n) is 6.71. The van der Waals surface area contributed by atoms with Gasteiger partial charge < -0.3 is 10.5 Å². The Labute approximate surface area is 115 Å². The summed E-state index contributed by atoms with van der Waals surface area (Å²) in [4.78, 5) is 0. The maximum absolute atomic E-state index is 5.99. The van der Waals surface area contributed by atoms with Crippen molar-refractivity contribution in [3.05, 3.63) is 59.2 Å². The SMILES string of the molecule is CC[C@H](N)c1ccc(Oc2ccc(C)c(C)c2)cc1. The number of hydrogen-bond acceptors (Lipinski definition) is 2. The molecule has 0 aromatic heterocycles. The molecule has 0 saturated heterocycles. The Hall–Kier alpha value is -1.80. The topological polar surface area (TPSA) is 35.2 Å². The number of hydrogen-bond donors (Lipinski definition) is 1. The zero-order valence-electron chi connectivity index (χ0n) is 11.8. The average Bonchev–Trinajstić information content (AvgIpc) is 2.43. The molecule has 19 heavy (non-hydrogen) atoms. The Balaban J connectivity index is 2.12. The lowest BCUT2D eigenvalue weighted by atomic mass is 10.1. The third kappa shape index (κ3) is 3.36. The molecule has 1 atom stereocenters. The van der Waals surface area contributed by atoms with Gasteiger partial charge in [0.25, 0.3) is 0 Å². The third-order valence-corrected chi connectivity index (χ3v) is 3.46. The number of rotatable bonds is 4. The summed E-state index contributed by atoms with van der Waals surface area (Å²) in [6.07, 6.45) is 0.942. The highest BCUT2D eigenvalue weighted by Crippen LogP contribution is 2.25. The smallest absolute Gasteiger partial charge is 0.127 e. The second kappa shape index (κ2) is 5.89.